The molecule has 3 aromatic rings. The van der Waals surface area contributed by atoms with Crippen LogP contribution < -0.4 is 10.1 Å². The van der Waals surface area contributed by atoms with Gasteiger partial charge in [-0.1, -0.05) is 6.07 Å². The summed E-state index contributed by atoms with van der Waals surface area (Å²) >= 11 is 0. The molecule has 0 unspecified atom stereocenters. The third-order valence-corrected chi connectivity index (χ3v) is 4.83. The van der Waals surface area contributed by atoms with Crippen molar-refractivity contribution in [2.24, 2.45) is 0 Å². The van der Waals surface area contributed by atoms with E-state index in [9.17, 15) is 25.0 Å². The fraction of sp³-hybridized carbons (Fsp3) is 0.238. The largest absolute Gasteiger partial charge is 0.457 e. The molecule has 0 fully saturated rings. The number of hydrogen-bond donors (Lipinski definition) is 1. The van der Waals surface area contributed by atoms with Crippen LogP contribution in [0.1, 0.15) is 22.4 Å². The minimum Gasteiger partial charge on any atom is -0.457 e. The van der Waals surface area contributed by atoms with E-state index >= 15 is 0 Å². The number of nitrogens with one attached hydrogen (secondary N) is 1. The van der Waals surface area contributed by atoms with Gasteiger partial charge < -0.3 is 20.2 Å². The summed E-state index contributed by atoms with van der Waals surface area (Å²) in [5, 5.41) is 28.6. The van der Waals surface area contributed by atoms with Gasteiger partial charge in [-0.15, -0.1) is 0 Å². The molecule has 0 aliphatic rings. The first-order valence-corrected chi connectivity index (χ1v) is 9.57. The number of amides is 1. The average Bonchev–Trinajstić information content (AvgIpc) is 3.06. The number of aryl methyl sites for hydroxylation is 3. The molecule has 0 bridgehead atoms. The molecule has 1 heterocycles. The maximum Gasteiger partial charge on any atom is 0.390 e. The maximum absolute atomic E-state index is 12.5. The van der Waals surface area contributed by atoms with E-state index in [4.69, 9.17) is 4.74 Å². The number of ether oxygens (including phenoxy) is 1. The van der Waals surface area contributed by atoms with Gasteiger partial charge in [0.05, 0.1) is 33.5 Å². The van der Waals surface area contributed by atoms with Crippen LogP contribution in [0.3, 0.4) is 0 Å². The molecule has 2 aromatic carbocycles. The van der Waals surface area contributed by atoms with Crippen molar-refractivity contribution in [3.63, 3.8) is 0 Å². The van der Waals surface area contributed by atoms with Crippen LogP contribution in [-0.4, -0.2) is 25.5 Å². The Morgan fingerprint density at radius 3 is 2.38 bits per heavy atom. The van der Waals surface area contributed by atoms with E-state index in [1.54, 1.807) is 6.92 Å². The standard InChI is InChI=1S/C21H21N5O6/c1-12-5-13(2)15(4)19(6-12)32-18-9-16(8-17(10-18)25(28)29)22-21(27)11-24-14(3)7-20(23-24)26(30)31/h5-10H,11H2,1-4H3,(H,22,27). The number of benzene rings is 2. The number of carbonyl (C=O) groups is 1. The van der Waals surface area contributed by atoms with E-state index in [1.807, 2.05) is 32.9 Å². The maximum atomic E-state index is 12.5. The lowest BCUT2D eigenvalue weighted by molar-refractivity contribution is -0.389. The molecule has 1 N–H and O–H groups in total. The van der Waals surface area contributed by atoms with Crippen molar-refractivity contribution < 1.29 is 19.4 Å². The molecule has 0 saturated carbocycles. The highest BCUT2D eigenvalue weighted by Crippen LogP contribution is 2.33. The second kappa shape index (κ2) is 8.84. The number of nitro groups is 2. The van der Waals surface area contributed by atoms with E-state index in [-0.39, 0.29) is 29.5 Å². The predicted molar refractivity (Wildman–Crippen MR) is 116 cm³/mol. The molecule has 0 atom stereocenters. The van der Waals surface area contributed by atoms with E-state index in [2.05, 4.69) is 10.4 Å². The van der Waals surface area contributed by atoms with Gasteiger partial charge in [-0.25, -0.2) is 0 Å². The first kappa shape index (κ1) is 22.4. The SMILES string of the molecule is Cc1cc(C)c(C)c(Oc2cc(NC(=O)Cn3nc([N+](=O)[O-])cc3C)cc([N+](=O)[O-])c2)c1. The summed E-state index contributed by atoms with van der Waals surface area (Å²) in [6.07, 6.45) is 0. The lowest BCUT2D eigenvalue weighted by atomic mass is 10.1. The van der Waals surface area contributed by atoms with Crippen molar-refractivity contribution >= 4 is 23.1 Å². The third-order valence-electron chi connectivity index (χ3n) is 4.83. The molecule has 11 heteroatoms. The number of rotatable bonds is 7. The summed E-state index contributed by atoms with van der Waals surface area (Å²) in [6, 6.07) is 9.03. The molecule has 11 nitrogen and oxygen atoms in total. The molecule has 3 rings (SSSR count). The molecule has 1 amide bonds. The van der Waals surface area contributed by atoms with Crippen molar-refractivity contribution in [1.82, 2.24) is 9.78 Å². The number of aromatic nitrogens is 2. The van der Waals surface area contributed by atoms with E-state index in [0.29, 0.717) is 11.4 Å². The van der Waals surface area contributed by atoms with Gasteiger partial charge in [0.15, 0.2) is 0 Å². The van der Waals surface area contributed by atoms with Crippen LogP contribution in [0.4, 0.5) is 17.2 Å². The van der Waals surface area contributed by atoms with Gasteiger partial charge in [0.1, 0.15) is 18.0 Å². The summed E-state index contributed by atoms with van der Waals surface area (Å²) in [4.78, 5) is 33.4. The molecule has 166 valence electrons. The van der Waals surface area contributed by atoms with Crippen molar-refractivity contribution in [2.45, 2.75) is 34.2 Å². The topological polar surface area (TPSA) is 142 Å². The number of hydrogen-bond acceptors (Lipinski definition) is 7. The predicted octanol–water partition coefficient (Wildman–Crippen LogP) is 4.36. The van der Waals surface area contributed by atoms with Crippen LogP contribution in [0.5, 0.6) is 11.5 Å². The van der Waals surface area contributed by atoms with Crippen molar-refractivity contribution in [3.8, 4) is 11.5 Å². The molecule has 0 aliphatic carbocycles. The molecule has 32 heavy (non-hydrogen) atoms. The van der Waals surface area contributed by atoms with Gasteiger partial charge in [0, 0.05) is 12.1 Å². The Bertz CT molecular complexity index is 1230. The average molecular weight is 439 g/mol. The van der Waals surface area contributed by atoms with Crippen LogP contribution in [-0.2, 0) is 11.3 Å². The van der Waals surface area contributed by atoms with Crippen molar-refractivity contribution in [2.75, 3.05) is 5.32 Å². The number of nitro benzene ring substituents is 1. The Labute approximate surface area is 182 Å². The highest BCUT2D eigenvalue weighted by molar-refractivity contribution is 5.91. The summed E-state index contributed by atoms with van der Waals surface area (Å²) in [6.45, 7) is 7.03. The van der Waals surface area contributed by atoms with Crippen molar-refractivity contribution in [3.05, 3.63) is 79.0 Å². The first-order chi connectivity index (χ1) is 15.0. The summed E-state index contributed by atoms with van der Waals surface area (Å²) in [5.41, 5.74) is 3.21. The van der Waals surface area contributed by atoms with Gasteiger partial charge >= 0.3 is 5.82 Å². The Morgan fingerprint density at radius 2 is 1.75 bits per heavy atom. The second-order valence-corrected chi connectivity index (χ2v) is 7.39. The minimum absolute atomic E-state index is 0.153. The Kier molecular flexibility index (Phi) is 6.19. The number of nitrogens with zero attached hydrogens (tertiary/aromatic N) is 4. The lowest BCUT2D eigenvalue weighted by Crippen LogP contribution is -2.20. The number of non-ortho nitro benzene ring substituents is 1. The zero-order chi connectivity index (χ0) is 23.6. The number of carbonyl (C=O) groups excluding carboxylic acids is 1. The van der Waals surface area contributed by atoms with Gasteiger partial charge in [-0.05, 0) is 55.4 Å². The van der Waals surface area contributed by atoms with Crippen LogP contribution in [0.15, 0.2) is 36.4 Å². The lowest BCUT2D eigenvalue weighted by Gasteiger charge is -2.13. The highest BCUT2D eigenvalue weighted by Gasteiger charge is 2.19. The molecule has 0 spiro atoms. The molecule has 1 aromatic heterocycles. The first-order valence-electron chi connectivity index (χ1n) is 9.57. The minimum atomic E-state index is -0.652. The fourth-order valence-electron chi connectivity index (χ4n) is 3.13. The van der Waals surface area contributed by atoms with Crippen LogP contribution in [0.25, 0.3) is 0 Å². The van der Waals surface area contributed by atoms with Gasteiger partial charge in [-0.3, -0.25) is 14.9 Å². The van der Waals surface area contributed by atoms with Gasteiger partial charge in [0.2, 0.25) is 5.91 Å². The number of anilines is 1. The summed E-state index contributed by atoms with van der Waals surface area (Å²) < 4.78 is 7.08. The molecular formula is C21H21N5O6. The zero-order valence-corrected chi connectivity index (χ0v) is 17.9. The fourth-order valence-corrected chi connectivity index (χ4v) is 3.13. The highest BCUT2D eigenvalue weighted by atomic mass is 16.6. The van der Waals surface area contributed by atoms with E-state index < -0.39 is 15.8 Å². The van der Waals surface area contributed by atoms with Crippen LogP contribution >= 0.6 is 0 Å². The second-order valence-electron chi connectivity index (χ2n) is 7.39. The normalized spacial score (nSPS) is 10.6. The van der Waals surface area contributed by atoms with Crippen molar-refractivity contribution in [1.29, 1.82) is 0 Å². The Balaban J connectivity index is 1.85. The Morgan fingerprint density at radius 1 is 1.03 bits per heavy atom. The van der Waals surface area contributed by atoms with Crippen LogP contribution in [0.2, 0.25) is 0 Å². The smallest absolute Gasteiger partial charge is 0.390 e. The van der Waals surface area contributed by atoms with E-state index in [0.717, 1.165) is 16.7 Å². The third kappa shape index (κ3) is 5.06. The van der Waals surface area contributed by atoms with Gasteiger partial charge in [0.25, 0.3) is 5.69 Å². The Hall–Kier alpha value is -4.28. The molecule has 0 saturated heterocycles. The summed E-state index contributed by atoms with van der Waals surface area (Å²) in [7, 11) is 0. The van der Waals surface area contributed by atoms with Crippen LogP contribution in [0, 0.1) is 47.9 Å². The monoisotopic (exact) mass is 439 g/mol. The summed E-state index contributed by atoms with van der Waals surface area (Å²) in [5.74, 6) is -0.182. The quantitative estimate of drug-likeness (QED) is 0.425. The molecular weight excluding hydrogens is 418 g/mol. The molecule has 0 radical (unpaired) electrons. The zero-order valence-electron chi connectivity index (χ0n) is 17.9. The van der Waals surface area contributed by atoms with Gasteiger partial charge in [-0.2, -0.15) is 4.68 Å². The molecule has 0 aliphatic heterocycles. The van der Waals surface area contributed by atoms with E-state index in [1.165, 1.54) is 28.9 Å².